The summed E-state index contributed by atoms with van der Waals surface area (Å²) in [6, 6.07) is 13.3. The lowest BCUT2D eigenvalue weighted by Crippen LogP contribution is -2.15. The quantitative estimate of drug-likeness (QED) is 0.299. The van der Waals surface area contributed by atoms with E-state index in [9.17, 15) is 13.2 Å². The molecule has 37 heavy (non-hydrogen) atoms. The fourth-order valence-corrected chi connectivity index (χ4v) is 4.58. The lowest BCUT2D eigenvalue weighted by atomic mass is 10.1. The molecule has 0 aliphatic carbocycles. The summed E-state index contributed by atoms with van der Waals surface area (Å²) in [5.74, 6) is 1.88. The third kappa shape index (κ3) is 8.45. The molecule has 0 bridgehead atoms. The van der Waals surface area contributed by atoms with Crippen LogP contribution >= 0.6 is 0 Å². The summed E-state index contributed by atoms with van der Waals surface area (Å²) in [6.45, 7) is 8.64. The maximum atomic E-state index is 12.7. The second-order valence-electron chi connectivity index (χ2n) is 8.54. The number of anilines is 2. The van der Waals surface area contributed by atoms with E-state index in [1.807, 2.05) is 25.1 Å². The van der Waals surface area contributed by atoms with E-state index >= 15 is 0 Å². The smallest absolute Gasteiger partial charge is 0.263 e. The number of hydrogen-bond acceptors (Lipinski definition) is 7. The molecule has 3 rings (SSSR count). The zero-order valence-corrected chi connectivity index (χ0v) is 22.5. The van der Waals surface area contributed by atoms with Gasteiger partial charge < -0.3 is 14.8 Å². The Morgan fingerprint density at radius 2 is 1.70 bits per heavy atom. The third-order valence-electron chi connectivity index (χ3n) is 5.36. The molecule has 0 aliphatic heterocycles. The van der Waals surface area contributed by atoms with Gasteiger partial charge >= 0.3 is 0 Å². The fourth-order valence-electron chi connectivity index (χ4n) is 3.59. The van der Waals surface area contributed by atoms with Crippen molar-refractivity contribution in [1.29, 1.82) is 0 Å². The SMILES string of the molecule is CCCCOc1ccc(CCC(=O)Nc2ccc(S(=O)(=O)Nc3cc(C)nc(C)n3)cc2)cc1OCC. The minimum Gasteiger partial charge on any atom is -0.490 e. The zero-order chi connectivity index (χ0) is 26.8. The van der Waals surface area contributed by atoms with Crippen LogP contribution < -0.4 is 19.5 Å². The number of rotatable bonds is 13. The van der Waals surface area contributed by atoms with E-state index in [0.29, 0.717) is 48.3 Å². The Labute approximate surface area is 218 Å². The van der Waals surface area contributed by atoms with E-state index < -0.39 is 10.0 Å². The van der Waals surface area contributed by atoms with E-state index in [4.69, 9.17) is 9.47 Å². The van der Waals surface area contributed by atoms with Crippen LogP contribution in [0.15, 0.2) is 53.4 Å². The molecule has 1 amide bonds. The van der Waals surface area contributed by atoms with E-state index in [0.717, 1.165) is 18.4 Å². The molecule has 0 aliphatic rings. The van der Waals surface area contributed by atoms with Gasteiger partial charge in [0.25, 0.3) is 10.0 Å². The molecule has 0 spiro atoms. The number of aryl methyl sites for hydroxylation is 3. The highest BCUT2D eigenvalue weighted by atomic mass is 32.2. The summed E-state index contributed by atoms with van der Waals surface area (Å²) < 4.78 is 39.4. The second kappa shape index (κ2) is 13.0. The van der Waals surface area contributed by atoms with Crippen molar-refractivity contribution in [3.63, 3.8) is 0 Å². The maximum absolute atomic E-state index is 12.7. The Balaban J connectivity index is 1.57. The zero-order valence-electron chi connectivity index (χ0n) is 21.7. The predicted molar refractivity (Wildman–Crippen MR) is 144 cm³/mol. The largest absolute Gasteiger partial charge is 0.490 e. The molecule has 2 aromatic carbocycles. The molecule has 10 heteroatoms. The Morgan fingerprint density at radius 1 is 0.946 bits per heavy atom. The van der Waals surface area contributed by atoms with Gasteiger partial charge in [-0.25, -0.2) is 18.4 Å². The molecular weight excluding hydrogens is 492 g/mol. The van der Waals surface area contributed by atoms with Gasteiger partial charge in [0.2, 0.25) is 5.91 Å². The number of unbranched alkanes of at least 4 members (excludes halogenated alkanes) is 1. The van der Waals surface area contributed by atoms with Crippen molar-refractivity contribution in [2.75, 3.05) is 23.3 Å². The van der Waals surface area contributed by atoms with Gasteiger partial charge in [0.15, 0.2) is 11.5 Å². The highest BCUT2D eigenvalue weighted by molar-refractivity contribution is 7.92. The number of carbonyl (C=O) groups excluding carboxylic acids is 1. The van der Waals surface area contributed by atoms with Crippen molar-refractivity contribution >= 4 is 27.4 Å². The lowest BCUT2D eigenvalue weighted by molar-refractivity contribution is -0.116. The van der Waals surface area contributed by atoms with Crippen LogP contribution in [-0.4, -0.2) is 37.5 Å². The average Bonchev–Trinajstić information content (AvgIpc) is 2.83. The molecule has 198 valence electrons. The molecule has 9 nitrogen and oxygen atoms in total. The first-order valence-corrected chi connectivity index (χ1v) is 13.8. The van der Waals surface area contributed by atoms with Crippen LogP contribution in [0.2, 0.25) is 0 Å². The maximum Gasteiger partial charge on any atom is 0.263 e. The third-order valence-corrected chi connectivity index (χ3v) is 6.73. The molecule has 0 atom stereocenters. The molecule has 0 unspecified atom stereocenters. The number of amides is 1. The van der Waals surface area contributed by atoms with E-state index in [-0.39, 0.29) is 23.0 Å². The fraction of sp³-hybridized carbons (Fsp3) is 0.370. The Hall–Kier alpha value is -3.66. The second-order valence-corrected chi connectivity index (χ2v) is 10.2. The molecule has 1 heterocycles. The minimum absolute atomic E-state index is 0.0594. The van der Waals surface area contributed by atoms with Gasteiger partial charge in [-0.05, 0) is 75.6 Å². The van der Waals surface area contributed by atoms with Crippen LogP contribution in [0.5, 0.6) is 11.5 Å². The topological polar surface area (TPSA) is 120 Å². The highest BCUT2D eigenvalue weighted by Gasteiger charge is 2.16. The number of carbonyl (C=O) groups is 1. The molecule has 3 aromatic rings. The first-order chi connectivity index (χ1) is 17.7. The molecule has 2 N–H and O–H groups in total. The molecule has 0 fully saturated rings. The van der Waals surface area contributed by atoms with Gasteiger partial charge in [-0.3, -0.25) is 9.52 Å². The minimum atomic E-state index is -3.83. The van der Waals surface area contributed by atoms with Crippen LogP contribution in [0.3, 0.4) is 0 Å². The standard InChI is InChI=1S/C27H34N4O5S/c1-5-7-16-36-24-14-8-21(18-25(24)35-6-2)9-15-27(32)30-22-10-12-23(13-11-22)37(33,34)31-26-17-19(3)28-20(4)29-26/h8,10-14,17-18H,5-7,9,15-16H2,1-4H3,(H,30,32)(H,28,29,31). The van der Waals surface area contributed by atoms with Crippen molar-refractivity contribution in [3.05, 3.63) is 65.6 Å². The van der Waals surface area contributed by atoms with Crippen molar-refractivity contribution in [2.45, 2.75) is 58.3 Å². The molecule has 0 radical (unpaired) electrons. The van der Waals surface area contributed by atoms with Crippen molar-refractivity contribution < 1.29 is 22.7 Å². The van der Waals surface area contributed by atoms with Gasteiger partial charge in [0.05, 0.1) is 18.1 Å². The highest BCUT2D eigenvalue weighted by Crippen LogP contribution is 2.29. The van der Waals surface area contributed by atoms with Gasteiger partial charge in [-0.1, -0.05) is 19.4 Å². The first kappa shape index (κ1) is 27.9. The van der Waals surface area contributed by atoms with E-state index in [1.165, 1.54) is 12.1 Å². The van der Waals surface area contributed by atoms with E-state index in [1.54, 1.807) is 32.0 Å². The summed E-state index contributed by atoms with van der Waals surface area (Å²) >= 11 is 0. The van der Waals surface area contributed by atoms with Crippen LogP contribution in [0.25, 0.3) is 0 Å². The number of hydrogen-bond donors (Lipinski definition) is 2. The van der Waals surface area contributed by atoms with Crippen LogP contribution in [0.4, 0.5) is 11.5 Å². The Bertz CT molecular complexity index is 1290. The normalized spacial score (nSPS) is 11.1. The average molecular weight is 527 g/mol. The summed E-state index contributed by atoms with van der Waals surface area (Å²) in [5, 5.41) is 2.81. The number of nitrogens with zero attached hydrogens (tertiary/aromatic N) is 2. The summed E-state index contributed by atoms with van der Waals surface area (Å²) in [6.07, 6.45) is 2.80. The van der Waals surface area contributed by atoms with Crippen molar-refractivity contribution in [3.8, 4) is 11.5 Å². The van der Waals surface area contributed by atoms with Crippen LogP contribution in [-0.2, 0) is 21.2 Å². The van der Waals surface area contributed by atoms with Gasteiger partial charge in [-0.2, -0.15) is 0 Å². The number of nitrogens with one attached hydrogen (secondary N) is 2. The van der Waals surface area contributed by atoms with Gasteiger partial charge in [-0.15, -0.1) is 0 Å². The van der Waals surface area contributed by atoms with Gasteiger partial charge in [0.1, 0.15) is 11.6 Å². The summed E-state index contributed by atoms with van der Waals surface area (Å²) in [4.78, 5) is 20.8. The first-order valence-electron chi connectivity index (χ1n) is 12.3. The molecule has 1 aromatic heterocycles. The number of sulfonamides is 1. The monoisotopic (exact) mass is 526 g/mol. The summed E-state index contributed by atoms with van der Waals surface area (Å²) in [7, 11) is -3.83. The molecular formula is C27H34N4O5S. The predicted octanol–water partition coefficient (Wildman–Crippen LogP) is 5.04. The van der Waals surface area contributed by atoms with Crippen molar-refractivity contribution in [1.82, 2.24) is 9.97 Å². The number of benzene rings is 2. The van der Waals surface area contributed by atoms with E-state index in [2.05, 4.69) is 26.9 Å². The number of aromatic nitrogens is 2. The van der Waals surface area contributed by atoms with Crippen LogP contribution in [0.1, 0.15) is 50.2 Å². The number of ether oxygens (including phenoxy) is 2. The van der Waals surface area contributed by atoms with Gasteiger partial charge in [0, 0.05) is 23.9 Å². The Kier molecular flexibility index (Phi) is 9.85. The molecule has 0 saturated heterocycles. The lowest BCUT2D eigenvalue weighted by Gasteiger charge is -2.13. The Morgan fingerprint density at radius 3 is 2.38 bits per heavy atom. The van der Waals surface area contributed by atoms with Crippen LogP contribution in [0, 0.1) is 13.8 Å². The van der Waals surface area contributed by atoms with Crippen molar-refractivity contribution in [2.24, 2.45) is 0 Å². The summed E-state index contributed by atoms with van der Waals surface area (Å²) in [5.41, 5.74) is 2.13. The molecule has 0 saturated carbocycles.